The Hall–Kier alpha value is -1.68. The van der Waals surface area contributed by atoms with Crippen molar-refractivity contribution < 1.29 is 9.53 Å². The maximum Gasteiger partial charge on any atom is 0.321 e. The van der Waals surface area contributed by atoms with Crippen molar-refractivity contribution in [3.05, 3.63) is 34.4 Å². The van der Waals surface area contributed by atoms with Crippen LogP contribution < -0.4 is 10.1 Å². The second-order valence-electron chi connectivity index (χ2n) is 5.47. The lowest BCUT2D eigenvalue weighted by Gasteiger charge is -2.29. The molecule has 2 aliphatic rings. The van der Waals surface area contributed by atoms with E-state index in [0.29, 0.717) is 16.5 Å². The molecule has 2 fully saturated rings. The number of carbonyl (C=O) groups excluding carboxylic acids is 1. The van der Waals surface area contributed by atoms with Crippen molar-refractivity contribution in [2.45, 2.75) is 25.7 Å². The Labute approximate surface area is 129 Å². The third-order valence-electron chi connectivity index (χ3n) is 4.06. The molecule has 1 N–H and O–H groups in total. The molecule has 1 aromatic carbocycles. The van der Waals surface area contributed by atoms with Crippen LogP contribution in [0.2, 0.25) is 5.02 Å². The minimum Gasteiger partial charge on any atom is -0.495 e. The molecule has 5 heteroatoms. The van der Waals surface area contributed by atoms with E-state index in [1.807, 2.05) is 4.90 Å². The van der Waals surface area contributed by atoms with Crippen LogP contribution in [0, 0.1) is 0 Å². The summed E-state index contributed by atoms with van der Waals surface area (Å²) in [6.07, 6.45) is 4.55. The number of piperidine rings is 1. The molecule has 0 unspecified atom stereocenters. The number of methoxy groups -OCH3 is 1. The van der Waals surface area contributed by atoms with Gasteiger partial charge in [-0.2, -0.15) is 0 Å². The third-order valence-corrected chi connectivity index (χ3v) is 4.29. The SMILES string of the molecule is COc1ccc(Cl)cc1NC(=O)N1CCC(=C2CC2)CC1. The Morgan fingerprint density at radius 1 is 1.19 bits per heavy atom. The Kier molecular flexibility index (Phi) is 4.06. The van der Waals surface area contributed by atoms with Crippen molar-refractivity contribution >= 4 is 23.3 Å². The number of nitrogens with zero attached hydrogens (tertiary/aromatic N) is 1. The van der Waals surface area contributed by atoms with E-state index in [2.05, 4.69) is 5.32 Å². The zero-order chi connectivity index (χ0) is 14.8. The molecule has 4 nitrogen and oxygen atoms in total. The molecule has 1 heterocycles. The average Bonchev–Trinajstić information content (AvgIpc) is 3.32. The topological polar surface area (TPSA) is 41.6 Å². The Morgan fingerprint density at radius 2 is 1.86 bits per heavy atom. The summed E-state index contributed by atoms with van der Waals surface area (Å²) in [7, 11) is 1.58. The highest BCUT2D eigenvalue weighted by Crippen LogP contribution is 2.36. The van der Waals surface area contributed by atoms with Gasteiger partial charge in [0.15, 0.2) is 0 Å². The molecule has 1 aliphatic heterocycles. The van der Waals surface area contributed by atoms with Crippen LogP contribution in [-0.4, -0.2) is 31.1 Å². The molecular formula is C16H19ClN2O2. The number of allylic oxidation sites excluding steroid dienone is 1. The van der Waals surface area contributed by atoms with Gasteiger partial charge < -0.3 is 15.0 Å². The van der Waals surface area contributed by atoms with Crippen LogP contribution in [0.3, 0.4) is 0 Å². The van der Waals surface area contributed by atoms with E-state index in [-0.39, 0.29) is 6.03 Å². The first-order valence-electron chi connectivity index (χ1n) is 7.26. The summed E-state index contributed by atoms with van der Waals surface area (Å²) in [5.41, 5.74) is 3.80. The fraction of sp³-hybridized carbons (Fsp3) is 0.438. The van der Waals surface area contributed by atoms with Crippen LogP contribution in [0.15, 0.2) is 29.3 Å². The van der Waals surface area contributed by atoms with E-state index in [0.717, 1.165) is 25.9 Å². The number of nitrogens with one attached hydrogen (secondary N) is 1. The van der Waals surface area contributed by atoms with Crippen LogP contribution >= 0.6 is 11.6 Å². The second-order valence-corrected chi connectivity index (χ2v) is 5.91. The highest BCUT2D eigenvalue weighted by molar-refractivity contribution is 6.31. The molecule has 0 aromatic heterocycles. The summed E-state index contributed by atoms with van der Waals surface area (Å²) in [6.45, 7) is 1.57. The van der Waals surface area contributed by atoms with Gasteiger partial charge in [-0.05, 0) is 43.9 Å². The minimum absolute atomic E-state index is 0.0876. The summed E-state index contributed by atoms with van der Waals surface area (Å²) in [5.74, 6) is 0.616. The lowest BCUT2D eigenvalue weighted by atomic mass is 10.0. The number of urea groups is 1. The van der Waals surface area contributed by atoms with Crippen molar-refractivity contribution in [3.8, 4) is 5.75 Å². The molecule has 21 heavy (non-hydrogen) atoms. The van der Waals surface area contributed by atoms with Gasteiger partial charge in [0.1, 0.15) is 5.75 Å². The largest absolute Gasteiger partial charge is 0.495 e. The van der Waals surface area contributed by atoms with Gasteiger partial charge in [-0.1, -0.05) is 22.7 Å². The van der Waals surface area contributed by atoms with E-state index in [1.165, 1.54) is 12.8 Å². The van der Waals surface area contributed by atoms with Gasteiger partial charge in [0.05, 0.1) is 12.8 Å². The summed E-state index contributed by atoms with van der Waals surface area (Å²) < 4.78 is 5.25. The zero-order valence-corrected chi connectivity index (χ0v) is 12.9. The van der Waals surface area contributed by atoms with Gasteiger partial charge in [-0.3, -0.25) is 0 Å². The van der Waals surface area contributed by atoms with E-state index < -0.39 is 0 Å². The minimum atomic E-state index is -0.0876. The monoisotopic (exact) mass is 306 g/mol. The Bertz CT molecular complexity index is 582. The number of ether oxygens (including phenoxy) is 1. The van der Waals surface area contributed by atoms with E-state index in [1.54, 1.807) is 36.5 Å². The van der Waals surface area contributed by atoms with E-state index in [9.17, 15) is 4.79 Å². The van der Waals surface area contributed by atoms with Gasteiger partial charge in [-0.15, -0.1) is 0 Å². The number of rotatable bonds is 2. The molecular weight excluding hydrogens is 288 g/mol. The second kappa shape index (κ2) is 5.98. The molecule has 1 aliphatic carbocycles. The summed E-state index contributed by atoms with van der Waals surface area (Å²) in [6, 6.07) is 5.12. The fourth-order valence-electron chi connectivity index (χ4n) is 2.72. The normalized spacial score (nSPS) is 17.7. The summed E-state index contributed by atoms with van der Waals surface area (Å²) >= 11 is 5.98. The number of hydrogen-bond acceptors (Lipinski definition) is 2. The number of halogens is 1. The summed E-state index contributed by atoms with van der Waals surface area (Å²) in [4.78, 5) is 14.2. The molecule has 3 rings (SSSR count). The Morgan fingerprint density at radius 3 is 2.48 bits per heavy atom. The lowest BCUT2D eigenvalue weighted by molar-refractivity contribution is 0.207. The average molecular weight is 307 g/mol. The maximum atomic E-state index is 12.3. The van der Waals surface area contributed by atoms with E-state index >= 15 is 0 Å². The van der Waals surface area contributed by atoms with Crippen molar-refractivity contribution in [2.75, 3.05) is 25.5 Å². The highest BCUT2D eigenvalue weighted by atomic mass is 35.5. The van der Waals surface area contributed by atoms with Crippen LogP contribution in [0.4, 0.5) is 10.5 Å². The first-order chi connectivity index (χ1) is 10.2. The van der Waals surface area contributed by atoms with E-state index in [4.69, 9.17) is 16.3 Å². The lowest BCUT2D eigenvalue weighted by Crippen LogP contribution is -2.39. The van der Waals surface area contributed by atoms with Crippen molar-refractivity contribution in [3.63, 3.8) is 0 Å². The number of hydrogen-bond donors (Lipinski definition) is 1. The van der Waals surface area contributed by atoms with Crippen LogP contribution in [0.1, 0.15) is 25.7 Å². The highest BCUT2D eigenvalue weighted by Gasteiger charge is 2.24. The van der Waals surface area contributed by atoms with Gasteiger partial charge in [-0.25, -0.2) is 4.79 Å². The van der Waals surface area contributed by atoms with Gasteiger partial charge >= 0.3 is 6.03 Å². The van der Waals surface area contributed by atoms with Crippen LogP contribution in [0.25, 0.3) is 0 Å². The molecule has 0 atom stereocenters. The number of amides is 2. The number of likely N-dealkylation sites (tertiary alicyclic amines) is 1. The molecule has 1 saturated heterocycles. The van der Waals surface area contributed by atoms with Gasteiger partial charge in [0.2, 0.25) is 0 Å². The third kappa shape index (κ3) is 3.32. The fourth-order valence-corrected chi connectivity index (χ4v) is 2.89. The first-order valence-corrected chi connectivity index (χ1v) is 7.64. The predicted octanol–water partition coefficient (Wildman–Crippen LogP) is 4.07. The number of anilines is 1. The molecule has 1 saturated carbocycles. The van der Waals surface area contributed by atoms with Crippen molar-refractivity contribution in [1.29, 1.82) is 0 Å². The number of benzene rings is 1. The zero-order valence-electron chi connectivity index (χ0n) is 12.1. The predicted molar refractivity (Wildman–Crippen MR) is 84.1 cm³/mol. The first kappa shape index (κ1) is 14.3. The molecule has 1 aromatic rings. The van der Waals surface area contributed by atoms with Gasteiger partial charge in [0, 0.05) is 18.1 Å². The smallest absolute Gasteiger partial charge is 0.321 e. The van der Waals surface area contributed by atoms with Gasteiger partial charge in [0.25, 0.3) is 0 Å². The quantitative estimate of drug-likeness (QED) is 0.837. The molecule has 0 radical (unpaired) electrons. The maximum absolute atomic E-state index is 12.3. The van der Waals surface area contributed by atoms with Crippen molar-refractivity contribution in [1.82, 2.24) is 4.90 Å². The van der Waals surface area contributed by atoms with Crippen molar-refractivity contribution in [2.24, 2.45) is 0 Å². The molecule has 2 amide bonds. The van der Waals surface area contributed by atoms with Crippen LogP contribution in [-0.2, 0) is 0 Å². The van der Waals surface area contributed by atoms with Crippen LogP contribution in [0.5, 0.6) is 5.75 Å². The molecule has 0 bridgehead atoms. The Balaban J connectivity index is 1.64. The summed E-state index contributed by atoms with van der Waals surface area (Å²) in [5, 5.41) is 3.47. The molecule has 0 spiro atoms. The molecule has 112 valence electrons. The number of carbonyl (C=O) groups is 1. The standard InChI is InChI=1S/C16H19ClN2O2/c1-21-15-5-4-13(17)10-14(15)18-16(20)19-8-6-12(7-9-19)11-2-3-11/h4-5,10H,2-3,6-9H2,1H3,(H,18,20).